The van der Waals surface area contributed by atoms with E-state index in [1.54, 1.807) is 0 Å². The highest BCUT2D eigenvalue weighted by Crippen LogP contribution is 2.31. The number of carbonyl (C=O) groups excluding carboxylic acids is 1. The minimum absolute atomic E-state index is 0.0779. The Balaban J connectivity index is 2.67. The summed E-state index contributed by atoms with van der Waals surface area (Å²) < 4.78 is 38.1. The van der Waals surface area contributed by atoms with Crippen LogP contribution >= 0.6 is 0 Å². The molecule has 0 spiro atoms. The highest BCUT2D eigenvalue weighted by molar-refractivity contribution is 5.97. The van der Waals surface area contributed by atoms with Gasteiger partial charge in [0.25, 0.3) is 0 Å². The highest BCUT2D eigenvalue weighted by atomic mass is 19.4. The molecule has 0 radical (unpaired) electrons. The number of hydrogen-bond acceptors (Lipinski definition) is 3. The van der Waals surface area contributed by atoms with Crippen molar-refractivity contribution in [3.63, 3.8) is 0 Å². The number of pyridine rings is 1. The fourth-order valence-electron chi connectivity index (χ4n) is 1.64. The SMILES string of the molecule is CC(C)NCCCC(=O)c1cnccc1C(F)(F)F. The van der Waals surface area contributed by atoms with Gasteiger partial charge in [-0.2, -0.15) is 13.2 Å². The quantitative estimate of drug-likeness (QED) is 0.640. The van der Waals surface area contributed by atoms with Crippen molar-refractivity contribution >= 4 is 5.78 Å². The van der Waals surface area contributed by atoms with Crippen LogP contribution in [0.15, 0.2) is 18.5 Å². The summed E-state index contributed by atoms with van der Waals surface area (Å²) in [6.45, 7) is 4.53. The van der Waals surface area contributed by atoms with Gasteiger partial charge in [-0.15, -0.1) is 0 Å². The van der Waals surface area contributed by atoms with E-state index in [0.717, 1.165) is 18.5 Å². The number of nitrogens with zero attached hydrogens (tertiary/aromatic N) is 1. The molecular formula is C13H17F3N2O. The molecule has 0 unspecified atom stereocenters. The fourth-order valence-corrected chi connectivity index (χ4v) is 1.64. The summed E-state index contributed by atoms with van der Waals surface area (Å²) in [5.74, 6) is -0.522. The lowest BCUT2D eigenvalue weighted by molar-refractivity contribution is -0.138. The lowest BCUT2D eigenvalue weighted by Gasteiger charge is -2.11. The van der Waals surface area contributed by atoms with Crippen LogP contribution in [0, 0.1) is 0 Å². The standard InChI is InChI=1S/C13H17F3N2O/c1-9(2)18-6-3-4-12(19)10-8-17-7-5-11(10)13(14,15)16/h5,7-9,18H,3-4,6H2,1-2H3. The molecule has 1 aromatic rings. The van der Waals surface area contributed by atoms with Crippen molar-refractivity contribution in [2.45, 2.75) is 38.9 Å². The molecule has 1 heterocycles. The van der Waals surface area contributed by atoms with E-state index < -0.39 is 17.5 Å². The molecule has 0 fully saturated rings. The number of hydrogen-bond donors (Lipinski definition) is 1. The molecule has 6 heteroatoms. The number of halogens is 3. The molecule has 1 aromatic heterocycles. The van der Waals surface area contributed by atoms with Crippen molar-refractivity contribution in [1.29, 1.82) is 0 Å². The van der Waals surface area contributed by atoms with Crippen LogP contribution in [0.3, 0.4) is 0 Å². The molecule has 0 aliphatic carbocycles. The van der Waals surface area contributed by atoms with E-state index in [4.69, 9.17) is 0 Å². The van der Waals surface area contributed by atoms with E-state index in [1.807, 2.05) is 13.8 Å². The summed E-state index contributed by atoms with van der Waals surface area (Å²) in [4.78, 5) is 15.4. The van der Waals surface area contributed by atoms with Crippen LogP contribution in [0.5, 0.6) is 0 Å². The Morgan fingerprint density at radius 3 is 2.68 bits per heavy atom. The predicted octanol–water partition coefficient (Wildman–Crippen LogP) is 3.06. The molecule has 0 amide bonds. The van der Waals surface area contributed by atoms with Gasteiger partial charge in [-0.25, -0.2) is 0 Å². The number of aromatic nitrogens is 1. The van der Waals surface area contributed by atoms with E-state index in [2.05, 4.69) is 10.3 Å². The molecule has 19 heavy (non-hydrogen) atoms. The maximum Gasteiger partial charge on any atom is 0.417 e. The third-order valence-electron chi connectivity index (χ3n) is 2.56. The Labute approximate surface area is 110 Å². The first-order valence-corrected chi connectivity index (χ1v) is 6.10. The van der Waals surface area contributed by atoms with Gasteiger partial charge in [-0.3, -0.25) is 9.78 Å². The number of nitrogens with one attached hydrogen (secondary N) is 1. The molecule has 0 atom stereocenters. The van der Waals surface area contributed by atoms with E-state index in [0.29, 0.717) is 19.0 Å². The average molecular weight is 274 g/mol. The first kappa shape index (κ1) is 15.6. The van der Waals surface area contributed by atoms with Crippen molar-refractivity contribution < 1.29 is 18.0 Å². The van der Waals surface area contributed by atoms with Crippen LogP contribution in [-0.4, -0.2) is 23.4 Å². The second-order valence-corrected chi connectivity index (χ2v) is 4.55. The first-order chi connectivity index (χ1) is 8.82. The number of Topliss-reactive ketones (excluding diaryl/α,β-unsaturated/α-hetero) is 1. The number of carbonyl (C=O) groups is 1. The smallest absolute Gasteiger partial charge is 0.315 e. The largest absolute Gasteiger partial charge is 0.417 e. The fraction of sp³-hybridized carbons (Fsp3) is 0.538. The molecule has 0 aromatic carbocycles. The van der Waals surface area contributed by atoms with Gasteiger partial charge in [0.05, 0.1) is 5.56 Å². The zero-order valence-corrected chi connectivity index (χ0v) is 10.9. The zero-order chi connectivity index (χ0) is 14.5. The zero-order valence-electron chi connectivity index (χ0n) is 10.9. The minimum Gasteiger partial charge on any atom is -0.315 e. The molecule has 0 saturated carbocycles. The van der Waals surface area contributed by atoms with Crippen LogP contribution < -0.4 is 5.32 Å². The monoisotopic (exact) mass is 274 g/mol. The molecular weight excluding hydrogens is 257 g/mol. The molecule has 3 nitrogen and oxygen atoms in total. The van der Waals surface area contributed by atoms with Crippen LogP contribution in [0.25, 0.3) is 0 Å². The van der Waals surface area contributed by atoms with Crippen LogP contribution in [0.2, 0.25) is 0 Å². The first-order valence-electron chi connectivity index (χ1n) is 6.10. The van der Waals surface area contributed by atoms with Crippen molar-refractivity contribution in [1.82, 2.24) is 10.3 Å². The second kappa shape index (κ2) is 6.65. The van der Waals surface area contributed by atoms with Crippen molar-refractivity contribution in [2.75, 3.05) is 6.54 Å². The summed E-state index contributed by atoms with van der Waals surface area (Å²) in [6, 6.07) is 1.12. The lowest BCUT2D eigenvalue weighted by Crippen LogP contribution is -2.24. The number of rotatable bonds is 6. The van der Waals surface area contributed by atoms with Gasteiger partial charge in [0.15, 0.2) is 5.78 Å². The third kappa shape index (κ3) is 4.98. The van der Waals surface area contributed by atoms with Gasteiger partial charge in [0.2, 0.25) is 0 Å². The summed E-state index contributed by atoms with van der Waals surface area (Å²) in [5.41, 5.74) is -1.26. The number of ketones is 1. The Bertz CT molecular complexity index is 430. The Hall–Kier alpha value is -1.43. The molecule has 0 saturated heterocycles. The maximum atomic E-state index is 12.7. The van der Waals surface area contributed by atoms with E-state index in [9.17, 15) is 18.0 Å². The average Bonchev–Trinajstić information content (AvgIpc) is 2.33. The molecule has 1 rings (SSSR count). The van der Waals surface area contributed by atoms with Crippen molar-refractivity contribution in [2.24, 2.45) is 0 Å². The Morgan fingerprint density at radius 2 is 2.11 bits per heavy atom. The highest BCUT2D eigenvalue weighted by Gasteiger charge is 2.34. The van der Waals surface area contributed by atoms with Gasteiger partial charge < -0.3 is 5.32 Å². The van der Waals surface area contributed by atoms with Gasteiger partial charge in [0, 0.05) is 30.4 Å². The van der Waals surface area contributed by atoms with Gasteiger partial charge in [-0.05, 0) is 19.0 Å². The van der Waals surface area contributed by atoms with E-state index in [-0.39, 0.29) is 12.0 Å². The minimum atomic E-state index is -4.52. The summed E-state index contributed by atoms with van der Waals surface area (Å²) >= 11 is 0. The molecule has 0 aliphatic heterocycles. The molecule has 1 N–H and O–H groups in total. The van der Waals surface area contributed by atoms with Crippen LogP contribution in [0.1, 0.15) is 42.6 Å². The van der Waals surface area contributed by atoms with Crippen molar-refractivity contribution in [3.8, 4) is 0 Å². The number of alkyl halides is 3. The molecule has 0 aliphatic rings. The third-order valence-corrected chi connectivity index (χ3v) is 2.56. The normalized spacial score (nSPS) is 11.9. The Kier molecular flexibility index (Phi) is 5.47. The summed E-state index contributed by atoms with van der Waals surface area (Å²) in [5, 5.41) is 3.11. The van der Waals surface area contributed by atoms with E-state index >= 15 is 0 Å². The summed E-state index contributed by atoms with van der Waals surface area (Å²) in [6.07, 6.45) is -1.91. The van der Waals surface area contributed by atoms with Crippen molar-refractivity contribution in [3.05, 3.63) is 29.6 Å². The molecule has 0 bridgehead atoms. The van der Waals surface area contributed by atoms with E-state index in [1.165, 1.54) is 0 Å². The van der Waals surface area contributed by atoms with Gasteiger partial charge >= 0.3 is 6.18 Å². The lowest BCUT2D eigenvalue weighted by atomic mass is 10.0. The van der Waals surface area contributed by atoms with Crippen LogP contribution in [-0.2, 0) is 6.18 Å². The summed E-state index contributed by atoms with van der Waals surface area (Å²) in [7, 11) is 0. The Morgan fingerprint density at radius 1 is 1.42 bits per heavy atom. The second-order valence-electron chi connectivity index (χ2n) is 4.55. The maximum absolute atomic E-state index is 12.7. The predicted molar refractivity (Wildman–Crippen MR) is 65.9 cm³/mol. The van der Waals surface area contributed by atoms with Crippen LogP contribution in [0.4, 0.5) is 13.2 Å². The topological polar surface area (TPSA) is 42.0 Å². The van der Waals surface area contributed by atoms with Gasteiger partial charge in [0.1, 0.15) is 0 Å². The molecule has 106 valence electrons. The van der Waals surface area contributed by atoms with Gasteiger partial charge in [-0.1, -0.05) is 13.8 Å².